The maximum absolute atomic E-state index is 12.2. The molecule has 1 heterocycles. The molecule has 9 heteroatoms. The minimum absolute atomic E-state index is 0.0887. The molecule has 0 fully saturated rings. The average molecular weight is 386 g/mol. The third kappa shape index (κ3) is 4.42. The van der Waals surface area contributed by atoms with Crippen molar-refractivity contribution in [3.8, 4) is 22.8 Å². The van der Waals surface area contributed by atoms with Crippen molar-refractivity contribution in [2.75, 3.05) is 12.0 Å². The molecular weight excluding hydrogens is 370 g/mol. The van der Waals surface area contributed by atoms with Crippen molar-refractivity contribution in [2.24, 2.45) is 5.10 Å². The largest absolute Gasteiger partial charge is 0.503 e. The molecule has 2 aromatic carbocycles. The van der Waals surface area contributed by atoms with E-state index >= 15 is 0 Å². The number of aromatic amines is 1. The summed E-state index contributed by atoms with van der Waals surface area (Å²) in [7, 11) is 0. The summed E-state index contributed by atoms with van der Waals surface area (Å²) >= 11 is 5.97. The van der Waals surface area contributed by atoms with Gasteiger partial charge in [-0.3, -0.25) is 9.78 Å². The van der Waals surface area contributed by atoms with Gasteiger partial charge in [0.15, 0.2) is 17.2 Å². The molecule has 138 valence electrons. The Balaban J connectivity index is 1.75. The highest BCUT2D eigenvalue weighted by Gasteiger charge is 2.09. The second kappa shape index (κ2) is 8.33. The van der Waals surface area contributed by atoms with Crippen LogP contribution in [0.3, 0.4) is 0 Å². The number of benzene rings is 2. The second-order valence-corrected chi connectivity index (χ2v) is 5.78. The second-order valence-electron chi connectivity index (χ2n) is 5.37. The van der Waals surface area contributed by atoms with Gasteiger partial charge in [-0.15, -0.1) is 10.2 Å². The number of anilines is 1. The maximum Gasteiger partial charge on any atom is 0.279 e. The lowest BCUT2D eigenvalue weighted by Crippen LogP contribution is -2.15. The Morgan fingerprint density at radius 3 is 2.78 bits per heavy atom. The predicted molar refractivity (Wildman–Crippen MR) is 104 cm³/mol. The first kappa shape index (κ1) is 18.4. The predicted octanol–water partition coefficient (Wildman–Crippen LogP) is 3.04. The molecule has 0 unspecified atom stereocenters. The van der Waals surface area contributed by atoms with Gasteiger partial charge >= 0.3 is 0 Å². The Kier molecular flexibility index (Phi) is 5.68. The summed E-state index contributed by atoms with van der Waals surface area (Å²) in [6, 6.07) is 12.1. The quantitative estimate of drug-likeness (QED) is 0.444. The van der Waals surface area contributed by atoms with Gasteiger partial charge in [0.2, 0.25) is 5.95 Å². The van der Waals surface area contributed by atoms with Gasteiger partial charge in [0.05, 0.1) is 17.8 Å². The summed E-state index contributed by atoms with van der Waals surface area (Å²) < 4.78 is 5.31. The van der Waals surface area contributed by atoms with Crippen LogP contribution in [-0.4, -0.2) is 33.1 Å². The highest BCUT2D eigenvalue weighted by atomic mass is 35.5. The standard InChI is InChI=1S/C18H16ClN5O3/c1-2-27-14-9-11(8-13(19)16(14)25)10-20-23-18-21-17(26)15(22-24-18)12-6-4-3-5-7-12/h3-10,25H,2H2,1H3,(H2,21,23,24,26)/b20-10+. The van der Waals surface area contributed by atoms with Crippen LogP contribution in [0.4, 0.5) is 5.95 Å². The lowest BCUT2D eigenvalue weighted by molar-refractivity contribution is 0.318. The van der Waals surface area contributed by atoms with E-state index in [2.05, 4.69) is 25.7 Å². The van der Waals surface area contributed by atoms with E-state index in [1.807, 2.05) is 18.2 Å². The smallest absolute Gasteiger partial charge is 0.279 e. The maximum atomic E-state index is 12.2. The van der Waals surface area contributed by atoms with E-state index in [1.165, 1.54) is 12.3 Å². The van der Waals surface area contributed by atoms with Crippen molar-refractivity contribution >= 4 is 23.8 Å². The molecule has 8 nitrogen and oxygen atoms in total. The number of hydrogen-bond acceptors (Lipinski definition) is 7. The topological polar surface area (TPSA) is 112 Å². The monoisotopic (exact) mass is 385 g/mol. The first-order chi connectivity index (χ1) is 13.1. The third-order valence-corrected chi connectivity index (χ3v) is 3.77. The summed E-state index contributed by atoms with van der Waals surface area (Å²) in [6.07, 6.45) is 1.44. The van der Waals surface area contributed by atoms with E-state index in [0.717, 1.165) is 0 Å². The Labute approximate surface area is 159 Å². The van der Waals surface area contributed by atoms with Gasteiger partial charge in [0.1, 0.15) is 0 Å². The number of phenols is 1. The molecule has 1 aromatic heterocycles. The molecule has 0 atom stereocenters. The fraction of sp³-hybridized carbons (Fsp3) is 0.111. The molecule has 3 aromatic rings. The van der Waals surface area contributed by atoms with Gasteiger partial charge in [-0.2, -0.15) is 5.10 Å². The number of nitrogens with zero attached hydrogens (tertiary/aromatic N) is 3. The van der Waals surface area contributed by atoms with Gasteiger partial charge in [-0.25, -0.2) is 5.43 Å². The zero-order valence-corrected chi connectivity index (χ0v) is 15.1. The van der Waals surface area contributed by atoms with Crippen LogP contribution in [0.25, 0.3) is 11.3 Å². The highest BCUT2D eigenvalue weighted by molar-refractivity contribution is 6.32. The van der Waals surface area contributed by atoms with Crippen molar-refractivity contribution in [3.63, 3.8) is 0 Å². The van der Waals surface area contributed by atoms with E-state index in [4.69, 9.17) is 16.3 Å². The van der Waals surface area contributed by atoms with Crippen molar-refractivity contribution in [2.45, 2.75) is 6.92 Å². The van der Waals surface area contributed by atoms with Gasteiger partial charge in [0, 0.05) is 5.56 Å². The molecule has 3 rings (SSSR count). The molecule has 0 amide bonds. The van der Waals surface area contributed by atoms with Crippen LogP contribution in [0.5, 0.6) is 11.5 Å². The van der Waals surface area contributed by atoms with Crippen molar-refractivity contribution in [1.29, 1.82) is 0 Å². The number of phenolic OH excluding ortho intramolecular Hbond substituents is 1. The zero-order chi connectivity index (χ0) is 19.2. The molecule has 3 N–H and O–H groups in total. The summed E-state index contributed by atoms with van der Waals surface area (Å²) in [5.74, 6) is 0.216. The van der Waals surface area contributed by atoms with Crippen molar-refractivity contribution < 1.29 is 9.84 Å². The molecular formula is C18H16ClN5O3. The summed E-state index contributed by atoms with van der Waals surface area (Å²) in [4.78, 5) is 14.7. The molecule has 0 aliphatic heterocycles. The third-order valence-electron chi connectivity index (χ3n) is 3.48. The minimum Gasteiger partial charge on any atom is -0.503 e. The van der Waals surface area contributed by atoms with E-state index in [1.54, 1.807) is 25.1 Å². The van der Waals surface area contributed by atoms with Crippen LogP contribution in [-0.2, 0) is 0 Å². The Bertz CT molecular complexity index is 1020. The van der Waals surface area contributed by atoms with Gasteiger partial charge in [0.25, 0.3) is 5.56 Å². The minimum atomic E-state index is -0.389. The van der Waals surface area contributed by atoms with Crippen LogP contribution in [0.2, 0.25) is 5.02 Å². The molecule has 0 aliphatic rings. The van der Waals surface area contributed by atoms with E-state index < -0.39 is 0 Å². The molecule has 0 saturated carbocycles. The summed E-state index contributed by atoms with van der Waals surface area (Å²) in [5, 5.41) is 21.8. The number of nitrogens with one attached hydrogen (secondary N) is 2. The average Bonchev–Trinajstić information content (AvgIpc) is 2.67. The van der Waals surface area contributed by atoms with Crippen LogP contribution >= 0.6 is 11.6 Å². The number of H-pyrrole nitrogens is 1. The lowest BCUT2D eigenvalue weighted by Gasteiger charge is -2.08. The van der Waals surface area contributed by atoms with Crippen LogP contribution < -0.4 is 15.7 Å². The number of hydrazone groups is 1. The molecule has 0 spiro atoms. The van der Waals surface area contributed by atoms with Gasteiger partial charge in [-0.1, -0.05) is 41.9 Å². The molecule has 0 aliphatic carbocycles. The molecule has 27 heavy (non-hydrogen) atoms. The summed E-state index contributed by atoms with van der Waals surface area (Å²) in [6.45, 7) is 2.18. The Morgan fingerprint density at radius 1 is 1.30 bits per heavy atom. The number of ether oxygens (including phenoxy) is 1. The number of halogens is 1. The SMILES string of the molecule is CCOc1cc(/C=N/Nc2nnc(-c3ccccc3)c(=O)[nH]2)cc(Cl)c1O. The zero-order valence-electron chi connectivity index (χ0n) is 14.3. The molecule has 0 radical (unpaired) electrons. The van der Waals surface area contributed by atoms with Crippen molar-refractivity contribution in [1.82, 2.24) is 15.2 Å². The van der Waals surface area contributed by atoms with Crippen LogP contribution in [0, 0.1) is 0 Å². The molecule has 0 saturated heterocycles. The van der Waals surface area contributed by atoms with Gasteiger partial charge < -0.3 is 9.84 Å². The normalized spacial score (nSPS) is 10.9. The van der Waals surface area contributed by atoms with Crippen LogP contribution in [0.15, 0.2) is 52.4 Å². The first-order valence-electron chi connectivity index (χ1n) is 8.05. The number of aromatic hydroxyl groups is 1. The fourth-order valence-electron chi connectivity index (χ4n) is 2.27. The number of aromatic nitrogens is 3. The van der Waals surface area contributed by atoms with Gasteiger partial charge in [-0.05, 0) is 24.6 Å². The summed E-state index contributed by atoms with van der Waals surface area (Å²) in [5.41, 5.74) is 3.68. The Hall–Kier alpha value is -3.39. The van der Waals surface area contributed by atoms with E-state index in [0.29, 0.717) is 17.7 Å². The fourth-order valence-corrected chi connectivity index (χ4v) is 2.49. The van der Waals surface area contributed by atoms with Crippen molar-refractivity contribution in [3.05, 3.63) is 63.4 Å². The molecule has 0 bridgehead atoms. The Morgan fingerprint density at radius 2 is 2.07 bits per heavy atom. The van der Waals surface area contributed by atoms with Crippen LogP contribution in [0.1, 0.15) is 12.5 Å². The number of rotatable bonds is 6. The highest BCUT2D eigenvalue weighted by Crippen LogP contribution is 2.34. The lowest BCUT2D eigenvalue weighted by atomic mass is 10.2. The van der Waals surface area contributed by atoms with E-state index in [-0.39, 0.29) is 33.7 Å². The van der Waals surface area contributed by atoms with E-state index in [9.17, 15) is 9.90 Å². The number of hydrogen-bond donors (Lipinski definition) is 3. The first-order valence-corrected chi connectivity index (χ1v) is 8.43.